The number of hydrogen-bond acceptors (Lipinski definition) is 2. The van der Waals surface area contributed by atoms with Gasteiger partial charge in [0.15, 0.2) is 0 Å². The Bertz CT molecular complexity index is 642. The predicted octanol–water partition coefficient (Wildman–Crippen LogP) is 4.74. The van der Waals surface area contributed by atoms with E-state index in [1.807, 2.05) is 36.4 Å². The van der Waals surface area contributed by atoms with Gasteiger partial charge in [0.2, 0.25) is 0 Å². The molecule has 2 aromatic rings. The van der Waals surface area contributed by atoms with Crippen LogP contribution in [-0.4, -0.2) is 10.6 Å². The van der Waals surface area contributed by atoms with E-state index in [1.165, 1.54) is 0 Å². The van der Waals surface area contributed by atoms with Crippen LogP contribution in [0.3, 0.4) is 0 Å². The molecular weight excluding hydrogens is 271 g/mol. The van der Waals surface area contributed by atoms with Gasteiger partial charge < -0.3 is 9.42 Å². The molecule has 0 heterocycles. The van der Waals surface area contributed by atoms with E-state index in [2.05, 4.69) is 0 Å². The van der Waals surface area contributed by atoms with Crippen molar-refractivity contribution in [3.05, 3.63) is 42.5 Å². The van der Waals surface area contributed by atoms with E-state index in [1.54, 1.807) is 6.07 Å². The van der Waals surface area contributed by atoms with Crippen LogP contribution >= 0.6 is 7.60 Å². The second kappa shape index (κ2) is 5.59. The van der Waals surface area contributed by atoms with Gasteiger partial charge in [-0.05, 0) is 24.3 Å². The highest BCUT2D eigenvalue weighted by molar-refractivity contribution is 7.54. The highest BCUT2D eigenvalue weighted by atomic mass is 31.2. The lowest BCUT2D eigenvalue weighted by Crippen LogP contribution is -2.16. The van der Waals surface area contributed by atoms with E-state index in [-0.39, 0.29) is 5.66 Å². The van der Waals surface area contributed by atoms with Gasteiger partial charge in [0.05, 0.1) is 5.66 Å². The number of hydrogen-bond donors (Lipinski definition) is 1. The fourth-order valence-corrected chi connectivity index (χ4v) is 4.51. The van der Waals surface area contributed by atoms with Gasteiger partial charge >= 0.3 is 7.60 Å². The Morgan fingerprint density at radius 3 is 2.50 bits per heavy atom. The summed E-state index contributed by atoms with van der Waals surface area (Å²) in [7, 11) is -3.59. The SMILES string of the molecule is O=P(O)(Oc1cccc2ccccc12)C1CCCCC1. The van der Waals surface area contributed by atoms with Crippen molar-refractivity contribution in [3.8, 4) is 5.75 Å². The zero-order chi connectivity index (χ0) is 14.0. The van der Waals surface area contributed by atoms with Gasteiger partial charge in [-0.1, -0.05) is 55.7 Å². The van der Waals surface area contributed by atoms with Crippen molar-refractivity contribution in [3.63, 3.8) is 0 Å². The molecule has 1 fully saturated rings. The molecule has 1 unspecified atom stereocenters. The molecule has 0 bridgehead atoms. The molecule has 1 aliphatic carbocycles. The molecular formula is C16H19O3P. The Balaban J connectivity index is 1.90. The third-order valence-corrected chi connectivity index (χ3v) is 5.91. The van der Waals surface area contributed by atoms with Crippen molar-refractivity contribution < 1.29 is 14.0 Å². The Kier molecular flexibility index (Phi) is 3.82. The van der Waals surface area contributed by atoms with Crippen LogP contribution in [0.5, 0.6) is 5.75 Å². The zero-order valence-electron chi connectivity index (χ0n) is 11.4. The van der Waals surface area contributed by atoms with Gasteiger partial charge in [0, 0.05) is 5.39 Å². The number of benzene rings is 2. The molecule has 2 aromatic carbocycles. The second-order valence-corrected chi connectivity index (χ2v) is 7.47. The molecule has 3 nitrogen and oxygen atoms in total. The van der Waals surface area contributed by atoms with E-state index < -0.39 is 7.60 Å². The normalized spacial score (nSPS) is 19.6. The van der Waals surface area contributed by atoms with Crippen LogP contribution in [0, 0.1) is 0 Å². The Labute approximate surface area is 119 Å². The summed E-state index contributed by atoms with van der Waals surface area (Å²) in [6, 6.07) is 13.4. The first kappa shape index (κ1) is 13.7. The van der Waals surface area contributed by atoms with Crippen molar-refractivity contribution >= 4 is 18.4 Å². The predicted molar refractivity (Wildman–Crippen MR) is 81.3 cm³/mol. The monoisotopic (exact) mass is 290 g/mol. The molecule has 20 heavy (non-hydrogen) atoms. The van der Waals surface area contributed by atoms with Crippen LogP contribution in [0.4, 0.5) is 0 Å². The molecule has 0 radical (unpaired) electrons. The Morgan fingerprint density at radius 1 is 1.00 bits per heavy atom. The average molecular weight is 290 g/mol. The summed E-state index contributed by atoms with van der Waals surface area (Å²) in [6.07, 6.45) is 4.78. The maximum atomic E-state index is 12.5. The maximum absolute atomic E-state index is 12.5. The van der Waals surface area contributed by atoms with Gasteiger partial charge in [-0.3, -0.25) is 0 Å². The lowest BCUT2D eigenvalue weighted by Gasteiger charge is -2.26. The highest BCUT2D eigenvalue weighted by Crippen LogP contribution is 2.53. The van der Waals surface area contributed by atoms with Crippen LogP contribution in [0.1, 0.15) is 32.1 Å². The average Bonchev–Trinajstić information content (AvgIpc) is 2.48. The fourth-order valence-electron chi connectivity index (χ4n) is 2.90. The molecule has 0 spiro atoms. The highest BCUT2D eigenvalue weighted by Gasteiger charge is 2.34. The quantitative estimate of drug-likeness (QED) is 0.831. The first-order valence-corrected chi connectivity index (χ1v) is 8.81. The molecule has 1 N–H and O–H groups in total. The summed E-state index contributed by atoms with van der Waals surface area (Å²) in [5.41, 5.74) is -0.213. The first-order chi connectivity index (χ1) is 9.67. The minimum absolute atomic E-state index is 0.213. The minimum atomic E-state index is -3.59. The maximum Gasteiger partial charge on any atom is 0.379 e. The smallest absolute Gasteiger partial charge is 0.379 e. The van der Waals surface area contributed by atoms with E-state index in [0.717, 1.165) is 42.9 Å². The van der Waals surface area contributed by atoms with Crippen molar-refractivity contribution in [1.82, 2.24) is 0 Å². The lowest BCUT2D eigenvalue weighted by atomic mass is 10.0. The van der Waals surface area contributed by atoms with Crippen LogP contribution in [0.25, 0.3) is 10.8 Å². The Morgan fingerprint density at radius 2 is 1.70 bits per heavy atom. The van der Waals surface area contributed by atoms with Gasteiger partial charge in [0.1, 0.15) is 5.75 Å². The fraction of sp³-hybridized carbons (Fsp3) is 0.375. The van der Waals surface area contributed by atoms with Gasteiger partial charge in [0.25, 0.3) is 0 Å². The summed E-state index contributed by atoms with van der Waals surface area (Å²) in [5.74, 6) is 0.513. The molecule has 106 valence electrons. The first-order valence-electron chi connectivity index (χ1n) is 7.17. The molecule has 0 saturated heterocycles. The third-order valence-electron chi connectivity index (χ3n) is 4.01. The van der Waals surface area contributed by atoms with E-state index >= 15 is 0 Å². The topological polar surface area (TPSA) is 46.5 Å². The van der Waals surface area contributed by atoms with Crippen LogP contribution < -0.4 is 4.52 Å². The minimum Gasteiger partial charge on any atom is -0.424 e. The van der Waals surface area contributed by atoms with Crippen LogP contribution in [-0.2, 0) is 4.57 Å². The zero-order valence-corrected chi connectivity index (χ0v) is 12.3. The van der Waals surface area contributed by atoms with Gasteiger partial charge in [-0.25, -0.2) is 4.57 Å². The Hall–Kier alpha value is -1.31. The van der Waals surface area contributed by atoms with Crippen LogP contribution in [0.15, 0.2) is 42.5 Å². The summed E-state index contributed by atoms with van der Waals surface area (Å²) < 4.78 is 18.1. The van der Waals surface area contributed by atoms with Gasteiger partial charge in [-0.15, -0.1) is 0 Å². The summed E-state index contributed by atoms with van der Waals surface area (Å²) in [4.78, 5) is 10.3. The van der Waals surface area contributed by atoms with E-state index in [0.29, 0.717) is 5.75 Å². The van der Waals surface area contributed by atoms with Crippen molar-refractivity contribution in [1.29, 1.82) is 0 Å². The second-order valence-electron chi connectivity index (χ2n) is 5.42. The molecule has 1 saturated carbocycles. The molecule has 0 aromatic heterocycles. The van der Waals surface area contributed by atoms with Crippen molar-refractivity contribution in [2.75, 3.05) is 0 Å². The van der Waals surface area contributed by atoms with Crippen molar-refractivity contribution in [2.24, 2.45) is 0 Å². The lowest BCUT2D eigenvalue weighted by molar-refractivity contribution is 0.344. The number of fused-ring (bicyclic) bond motifs is 1. The number of rotatable bonds is 3. The molecule has 1 atom stereocenters. The van der Waals surface area contributed by atoms with E-state index in [9.17, 15) is 9.46 Å². The van der Waals surface area contributed by atoms with Crippen LogP contribution in [0.2, 0.25) is 0 Å². The third kappa shape index (κ3) is 2.74. The summed E-state index contributed by atoms with van der Waals surface area (Å²) >= 11 is 0. The summed E-state index contributed by atoms with van der Waals surface area (Å²) in [5, 5.41) is 1.91. The molecule has 1 aliphatic rings. The molecule has 4 heteroatoms. The largest absolute Gasteiger partial charge is 0.424 e. The molecule has 0 amide bonds. The van der Waals surface area contributed by atoms with E-state index in [4.69, 9.17) is 4.52 Å². The molecule has 3 rings (SSSR count). The van der Waals surface area contributed by atoms with Crippen molar-refractivity contribution in [2.45, 2.75) is 37.8 Å². The molecule has 0 aliphatic heterocycles. The summed E-state index contributed by atoms with van der Waals surface area (Å²) in [6.45, 7) is 0. The standard InChI is InChI=1S/C16H19O3P/c17-20(18,14-9-2-1-3-10-14)19-16-12-6-8-13-7-4-5-11-15(13)16/h4-8,11-12,14H,1-3,9-10H2,(H,17,18). The van der Waals surface area contributed by atoms with Gasteiger partial charge in [-0.2, -0.15) is 0 Å².